The van der Waals surface area contributed by atoms with E-state index in [-0.39, 0.29) is 22.6 Å². The molecule has 43 heavy (non-hydrogen) atoms. The Hall–Kier alpha value is -5.68. The zero-order valence-electron chi connectivity index (χ0n) is 22.1. The predicted molar refractivity (Wildman–Crippen MR) is 163 cm³/mol. The number of amidine groups is 4. The molecule has 0 unspecified atom stereocenters. The Kier molecular flexibility index (Phi) is 4.15. The van der Waals surface area contributed by atoms with Crippen molar-refractivity contribution in [2.75, 3.05) is 0 Å². The molecule has 4 aliphatic heterocycles. The predicted octanol–water partition coefficient (Wildman–Crippen LogP) is 5.31. The molecule has 0 N–H and O–H groups in total. The van der Waals surface area contributed by atoms with Crippen LogP contribution in [-0.2, 0) is 0 Å². The summed E-state index contributed by atoms with van der Waals surface area (Å²) in [5.41, 5.74) is 3.10. The second kappa shape index (κ2) is 7.78. The summed E-state index contributed by atoms with van der Waals surface area (Å²) in [5, 5.41) is 2.19. The summed E-state index contributed by atoms with van der Waals surface area (Å²) in [6.07, 6.45) is 0. The molecule has 0 saturated heterocycles. The summed E-state index contributed by atoms with van der Waals surface area (Å²) >= 11 is 0. The minimum atomic E-state index is -5.80. The van der Waals surface area contributed by atoms with Crippen LogP contribution in [0, 0.1) is 0 Å². The van der Waals surface area contributed by atoms with E-state index >= 15 is 8.22 Å². The number of benzene rings is 4. The molecule has 0 saturated carbocycles. The summed E-state index contributed by atoms with van der Waals surface area (Å²) in [6, 6.07) is 29.6. The van der Waals surface area contributed by atoms with Crippen molar-refractivity contribution in [3.05, 3.63) is 130 Å². The maximum absolute atomic E-state index is 17.8. The minimum absolute atomic E-state index is 0.0917. The van der Waals surface area contributed by atoms with E-state index in [1.54, 1.807) is 24.3 Å². The lowest BCUT2D eigenvalue weighted by Crippen LogP contribution is -2.53. The molecule has 0 fully saturated rings. The number of hydrogen-bond donors (Lipinski definition) is 0. The van der Waals surface area contributed by atoms with Crippen LogP contribution in [0.5, 0.6) is 0 Å². The van der Waals surface area contributed by atoms with Gasteiger partial charge in [0.2, 0.25) is 0 Å². The Balaban J connectivity index is 1.53. The maximum atomic E-state index is 17.8. The van der Waals surface area contributed by atoms with Crippen molar-refractivity contribution in [3.63, 3.8) is 0 Å². The fraction of sp³-hybridized carbons (Fsp3) is 0. The highest BCUT2D eigenvalue weighted by Crippen LogP contribution is 2.43. The van der Waals surface area contributed by atoms with Gasteiger partial charge >= 0.3 is 9.06 Å². The average molecular weight is 579 g/mol. The quantitative estimate of drug-likeness (QED) is 0.173. The summed E-state index contributed by atoms with van der Waals surface area (Å²) < 4.78 is 37.7. The zero-order valence-corrected chi connectivity index (χ0v) is 23.1. The average Bonchev–Trinajstić information content (AvgIpc) is 3.74. The second-order valence-electron chi connectivity index (χ2n) is 10.6. The van der Waals surface area contributed by atoms with Crippen molar-refractivity contribution < 1.29 is 8.22 Å². The van der Waals surface area contributed by atoms with Crippen LogP contribution in [0.3, 0.4) is 0 Å². The molecule has 202 valence electrons. The van der Waals surface area contributed by atoms with Gasteiger partial charge < -0.3 is 0 Å². The fourth-order valence-electron chi connectivity index (χ4n) is 6.41. The lowest BCUT2D eigenvalue weighted by atomic mass is 10.1. The van der Waals surface area contributed by atoms with Gasteiger partial charge in [-0.3, -0.25) is 8.47 Å². The van der Waals surface area contributed by atoms with Gasteiger partial charge in [-0.25, -0.2) is 38.2 Å². The van der Waals surface area contributed by atoms with E-state index < -0.39 is 9.06 Å². The van der Waals surface area contributed by atoms with Crippen LogP contribution in [0.15, 0.2) is 127 Å². The first kappa shape index (κ1) is 22.9. The van der Waals surface area contributed by atoms with Gasteiger partial charge in [0, 0.05) is 43.8 Å². The molecule has 10 rings (SSSR count). The first-order valence-electron chi connectivity index (χ1n) is 13.7. The van der Waals surface area contributed by atoms with Crippen LogP contribution in [0.2, 0.25) is 0 Å². The largest absolute Gasteiger partial charge is 0.682 e. The summed E-state index contributed by atoms with van der Waals surface area (Å²) in [4.78, 5) is 29.1. The molecule has 0 amide bonds. The van der Waals surface area contributed by atoms with E-state index in [1.165, 1.54) is 0 Å². The van der Waals surface area contributed by atoms with Crippen molar-refractivity contribution >= 4 is 65.6 Å². The molecular weight excluding hydrogens is 562 g/mol. The molecule has 4 aliphatic rings. The Morgan fingerprint density at radius 2 is 0.744 bits per heavy atom. The van der Waals surface area contributed by atoms with Gasteiger partial charge in [-0.2, -0.15) is 0 Å². The minimum Gasteiger partial charge on any atom is -0.266 e. The fourth-order valence-corrected chi connectivity index (χ4v) is 8.31. The molecule has 11 heteroatoms. The Morgan fingerprint density at radius 3 is 1.16 bits per heavy atom. The first-order valence-corrected chi connectivity index (χ1v) is 15.4. The second-order valence-corrected chi connectivity index (χ2v) is 12.5. The standard InChI is InChI=1S/C32H16F2N8Si/c33-43(34)41-29-21-13-5-6-14-22(21)31(41)39-27-19-11-3-4-12-20(19)28(36-27)40-32-24-16-8-7-15-23(24)30(42(32)43)38-26-18-10-2-1-9-17(18)25(35-26)37-29/h1-16H. The van der Waals surface area contributed by atoms with Crippen LogP contribution in [0.25, 0.3) is 21.5 Å². The van der Waals surface area contributed by atoms with Crippen LogP contribution in [0.4, 0.5) is 19.9 Å². The van der Waals surface area contributed by atoms with Gasteiger partial charge in [0.1, 0.15) is 22.6 Å². The number of fused-ring (bicyclic) bond motifs is 14. The van der Waals surface area contributed by atoms with E-state index in [4.69, 9.17) is 30.0 Å². The van der Waals surface area contributed by atoms with Crippen molar-refractivity contribution in [1.82, 2.24) is 8.47 Å². The Morgan fingerprint density at radius 1 is 0.395 bits per heavy atom. The van der Waals surface area contributed by atoms with Crippen molar-refractivity contribution in [2.24, 2.45) is 30.0 Å². The summed E-state index contributed by atoms with van der Waals surface area (Å²) in [6.45, 7) is 0. The molecule has 6 bridgehead atoms. The smallest absolute Gasteiger partial charge is 0.266 e. The van der Waals surface area contributed by atoms with Gasteiger partial charge in [-0.15, -0.1) is 0 Å². The van der Waals surface area contributed by atoms with Gasteiger partial charge in [-0.1, -0.05) is 97.1 Å². The third kappa shape index (κ3) is 2.86. The number of halogens is 2. The van der Waals surface area contributed by atoms with Crippen molar-refractivity contribution in [2.45, 2.75) is 0 Å². The van der Waals surface area contributed by atoms with Crippen LogP contribution < -0.4 is 11.0 Å². The topological polar surface area (TPSA) is 84.0 Å². The van der Waals surface area contributed by atoms with Crippen molar-refractivity contribution in [1.29, 1.82) is 0 Å². The SMILES string of the molecule is F[Si]1(F)n2c3c4ccccc4c2N=C2N=C(N=c4c5ccccc5c(n41)=NC1=NC(=N3)c3ccccc31)c1ccccc12. The molecule has 8 nitrogen and oxygen atoms in total. The van der Waals surface area contributed by atoms with Gasteiger partial charge in [-0.05, 0) is 0 Å². The molecule has 4 aromatic carbocycles. The third-order valence-electron chi connectivity index (χ3n) is 8.29. The lowest BCUT2D eigenvalue weighted by Gasteiger charge is -2.20. The van der Waals surface area contributed by atoms with Gasteiger partial charge in [0.25, 0.3) is 0 Å². The molecule has 6 aromatic rings. The zero-order chi connectivity index (χ0) is 28.4. The number of nitrogens with zero attached hydrogens (tertiary/aromatic N) is 8. The Labute approximate surface area is 242 Å². The third-order valence-corrected chi connectivity index (χ3v) is 10.2. The highest BCUT2D eigenvalue weighted by atomic mass is 28.4. The van der Waals surface area contributed by atoms with E-state index in [0.717, 1.165) is 30.7 Å². The maximum Gasteiger partial charge on any atom is 0.682 e. The van der Waals surface area contributed by atoms with Crippen LogP contribution in [0.1, 0.15) is 22.3 Å². The van der Waals surface area contributed by atoms with Gasteiger partial charge in [0.15, 0.2) is 23.3 Å². The van der Waals surface area contributed by atoms with Crippen LogP contribution in [-0.4, -0.2) is 40.9 Å². The van der Waals surface area contributed by atoms with E-state index in [2.05, 4.69) is 0 Å². The van der Waals surface area contributed by atoms with E-state index in [0.29, 0.717) is 44.9 Å². The number of aromatic nitrogens is 2. The summed E-state index contributed by atoms with van der Waals surface area (Å²) in [7, 11) is -5.80. The molecule has 2 aromatic heterocycles. The monoisotopic (exact) mass is 578 g/mol. The van der Waals surface area contributed by atoms with Crippen LogP contribution >= 0.6 is 0 Å². The highest BCUT2D eigenvalue weighted by molar-refractivity contribution is 6.64. The normalized spacial score (nSPS) is 16.8. The lowest BCUT2D eigenvalue weighted by molar-refractivity contribution is 0.529. The first-order chi connectivity index (χ1) is 21.1. The molecule has 6 heterocycles. The molecular formula is C32H16F2N8Si. The van der Waals surface area contributed by atoms with Gasteiger partial charge in [0.05, 0.1) is 0 Å². The van der Waals surface area contributed by atoms with E-state index in [9.17, 15) is 0 Å². The number of hydrogen-bond acceptors (Lipinski definition) is 6. The van der Waals surface area contributed by atoms with Crippen molar-refractivity contribution in [3.8, 4) is 0 Å². The number of aliphatic imine (C=N–C) groups is 4. The highest BCUT2D eigenvalue weighted by Gasteiger charge is 2.51. The molecule has 0 spiro atoms. The molecule has 0 aliphatic carbocycles. The Bertz CT molecular complexity index is 2390. The van der Waals surface area contributed by atoms with E-state index in [1.807, 2.05) is 72.8 Å². The number of rotatable bonds is 0. The molecule has 0 radical (unpaired) electrons. The summed E-state index contributed by atoms with van der Waals surface area (Å²) in [5.74, 6) is 1.50. The molecule has 0 atom stereocenters.